The SMILES string of the molecule is Nc1cc(C(=O)NC2CC2)ccc1Cl. The van der Waals surface area contributed by atoms with E-state index in [0.29, 0.717) is 22.3 Å². The molecular formula is C10H11ClN2O. The molecule has 0 heterocycles. The van der Waals surface area contributed by atoms with Gasteiger partial charge in [0.1, 0.15) is 0 Å². The summed E-state index contributed by atoms with van der Waals surface area (Å²) in [5.74, 6) is -0.0733. The summed E-state index contributed by atoms with van der Waals surface area (Å²) in [4.78, 5) is 11.5. The van der Waals surface area contributed by atoms with E-state index in [-0.39, 0.29) is 5.91 Å². The standard InChI is InChI=1S/C10H11ClN2O/c11-8-4-1-6(5-9(8)12)10(14)13-7-2-3-7/h1,4-5,7H,2-3,12H2,(H,13,14). The lowest BCUT2D eigenvalue weighted by molar-refractivity contribution is 0.0951. The molecule has 0 bridgehead atoms. The molecule has 0 saturated heterocycles. The van der Waals surface area contributed by atoms with Gasteiger partial charge in [0.15, 0.2) is 0 Å². The van der Waals surface area contributed by atoms with Crippen LogP contribution in [0.25, 0.3) is 0 Å². The van der Waals surface area contributed by atoms with Crippen LogP contribution in [-0.4, -0.2) is 11.9 Å². The van der Waals surface area contributed by atoms with Crippen LogP contribution in [0.3, 0.4) is 0 Å². The molecule has 1 aromatic rings. The maximum absolute atomic E-state index is 11.5. The molecule has 14 heavy (non-hydrogen) atoms. The Morgan fingerprint density at radius 3 is 2.79 bits per heavy atom. The second-order valence-corrected chi connectivity index (χ2v) is 3.89. The van der Waals surface area contributed by atoms with Crippen LogP contribution < -0.4 is 11.1 Å². The molecule has 3 nitrogen and oxygen atoms in total. The van der Waals surface area contributed by atoms with Crippen molar-refractivity contribution in [2.24, 2.45) is 0 Å². The number of nitrogens with two attached hydrogens (primary N) is 1. The average Bonchev–Trinajstić information content (AvgIpc) is 2.93. The van der Waals surface area contributed by atoms with Gasteiger partial charge in [-0.2, -0.15) is 0 Å². The van der Waals surface area contributed by atoms with Crippen LogP contribution in [-0.2, 0) is 0 Å². The minimum atomic E-state index is -0.0733. The largest absolute Gasteiger partial charge is 0.398 e. The highest BCUT2D eigenvalue weighted by atomic mass is 35.5. The number of benzene rings is 1. The zero-order valence-corrected chi connectivity index (χ0v) is 8.34. The van der Waals surface area contributed by atoms with E-state index in [1.807, 2.05) is 0 Å². The first-order valence-corrected chi connectivity index (χ1v) is 4.90. The monoisotopic (exact) mass is 210 g/mol. The Balaban J connectivity index is 2.14. The van der Waals surface area contributed by atoms with Crippen LogP contribution in [0.15, 0.2) is 18.2 Å². The van der Waals surface area contributed by atoms with E-state index in [0.717, 1.165) is 12.8 Å². The topological polar surface area (TPSA) is 55.1 Å². The summed E-state index contributed by atoms with van der Waals surface area (Å²) in [6.45, 7) is 0. The lowest BCUT2D eigenvalue weighted by Gasteiger charge is -2.04. The molecule has 0 atom stereocenters. The highest BCUT2D eigenvalue weighted by Crippen LogP contribution is 2.22. The fourth-order valence-electron chi connectivity index (χ4n) is 1.18. The number of hydrogen-bond donors (Lipinski definition) is 2. The average molecular weight is 211 g/mol. The molecule has 1 aliphatic rings. The molecule has 0 unspecified atom stereocenters. The third-order valence-corrected chi connectivity index (χ3v) is 2.51. The van der Waals surface area contributed by atoms with Gasteiger partial charge >= 0.3 is 0 Å². The first-order valence-electron chi connectivity index (χ1n) is 4.52. The predicted molar refractivity (Wildman–Crippen MR) is 56.4 cm³/mol. The Morgan fingerprint density at radius 2 is 2.21 bits per heavy atom. The normalized spacial score (nSPS) is 15.2. The number of carbonyl (C=O) groups excluding carboxylic acids is 1. The Labute approximate surface area is 87.2 Å². The second-order valence-electron chi connectivity index (χ2n) is 3.48. The molecule has 74 valence electrons. The number of hydrogen-bond acceptors (Lipinski definition) is 2. The summed E-state index contributed by atoms with van der Waals surface area (Å²) < 4.78 is 0. The van der Waals surface area contributed by atoms with Gasteiger partial charge in [-0.15, -0.1) is 0 Å². The van der Waals surface area contributed by atoms with E-state index in [2.05, 4.69) is 5.32 Å². The van der Waals surface area contributed by atoms with Gasteiger partial charge in [0.25, 0.3) is 5.91 Å². The Hall–Kier alpha value is -1.22. The van der Waals surface area contributed by atoms with Gasteiger partial charge in [0, 0.05) is 11.6 Å². The number of anilines is 1. The van der Waals surface area contributed by atoms with Crippen molar-refractivity contribution < 1.29 is 4.79 Å². The van der Waals surface area contributed by atoms with Crippen molar-refractivity contribution in [2.45, 2.75) is 18.9 Å². The highest BCUT2D eigenvalue weighted by Gasteiger charge is 2.23. The molecular weight excluding hydrogens is 200 g/mol. The van der Waals surface area contributed by atoms with Crippen LogP contribution >= 0.6 is 11.6 Å². The van der Waals surface area contributed by atoms with Crippen molar-refractivity contribution in [1.82, 2.24) is 5.32 Å². The van der Waals surface area contributed by atoms with E-state index in [1.54, 1.807) is 18.2 Å². The van der Waals surface area contributed by atoms with Gasteiger partial charge in [-0.1, -0.05) is 11.6 Å². The predicted octanol–water partition coefficient (Wildman–Crippen LogP) is 1.81. The minimum Gasteiger partial charge on any atom is -0.398 e. The number of halogens is 1. The number of carbonyl (C=O) groups is 1. The fourth-order valence-corrected chi connectivity index (χ4v) is 1.30. The van der Waals surface area contributed by atoms with Gasteiger partial charge < -0.3 is 11.1 Å². The molecule has 3 N–H and O–H groups in total. The molecule has 1 aromatic carbocycles. The van der Waals surface area contributed by atoms with Crippen molar-refractivity contribution in [3.63, 3.8) is 0 Å². The molecule has 1 amide bonds. The van der Waals surface area contributed by atoms with Crippen LogP contribution in [0, 0.1) is 0 Å². The van der Waals surface area contributed by atoms with E-state index in [4.69, 9.17) is 17.3 Å². The fraction of sp³-hybridized carbons (Fsp3) is 0.300. The van der Waals surface area contributed by atoms with Gasteiger partial charge in [-0.3, -0.25) is 4.79 Å². The lowest BCUT2D eigenvalue weighted by Crippen LogP contribution is -2.25. The summed E-state index contributed by atoms with van der Waals surface area (Å²) >= 11 is 5.75. The number of nitrogens with one attached hydrogen (secondary N) is 1. The smallest absolute Gasteiger partial charge is 0.251 e. The molecule has 0 spiro atoms. The Kier molecular flexibility index (Phi) is 2.33. The van der Waals surface area contributed by atoms with Crippen molar-refractivity contribution in [3.05, 3.63) is 28.8 Å². The zero-order valence-electron chi connectivity index (χ0n) is 7.59. The first kappa shape index (κ1) is 9.34. The maximum Gasteiger partial charge on any atom is 0.251 e. The zero-order chi connectivity index (χ0) is 10.1. The number of amides is 1. The van der Waals surface area contributed by atoms with E-state index in [1.165, 1.54) is 0 Å². The van der Waals surface area contributed by atoms with Crippen molar-refractivity contribution >= 4 is 23.2 Å². The summed E-state index contributed by atoms with van der Waals surface area (Å²) in [5, 5.41) is 3.36. The molecule has 1 fully saturated rings. The van der Waals surface area contributed by atoms with Gasteiger partial charge in [-0.25, -0.2) is 0 Å². The third kappa shape index (κ3) is 1.99. The van der Waals surface area contributed by atoms with E-state index >= 15 is 0 Å². The van der Waals surface area contributed by atoms with E-state index < -0.39 is 0 Å². The number of nitrogen functional groups attached to an aromatic ring is 1. The first-order chi connectivity index (χ1) is 6.66. The molecule has 2 rings (SSSR count). The summed E-state index contributed by atoms with van der Waals surface area (Å²) in [5.41, 5.74) is 6.60. The highest BCUT2D eigenvalue weighted by molar-refractivity contribution is 6.33. The quantitative estimate of drug-likeness (QED) is 0.732. The molecule has 0 radical (unpaired) electrons. The van der Waals surface area contributed by atoms with Gasteiger partial charge in [-0.05, 0) is 31.0 Å². The Bertz CT molecular complexity index is 374. The Morgan fingerprint density at radius 1 is 1.50 bits per heavy atom. The third-order valence-electron chi connectivity index (χ3n) is 2.17. The van der Waals surface area contributed by atoms with Crippen molar-refractivity contribution in [1.29, 1.82) is 0 Å². The molecule has 1 saturated carbocycles. The van der Waals surface area contributed by atoms with Crippen molar-refractivity contribution in [3.8, 4) is 0 Å². The lowest BCUT2D eigenvalue weighted by atomic mass is 10.2. The molecule has 0 aromatic heterocycles. The molecule has 1 aliphatic carbocycles. The van der Waals surface area contributed by atoms with Crippen LogP contribution in [0.1, 0.15) is 23.2 Å². The van der Waals surface area contributed by atoms with Gasteiger partial charge in [0.2, 0.25) is 0 Å². The minimum absolute atomic E-state index is 0.0733. The van der Waals surface area contributed by atoms with Crippen LogP contribution in [0.2, 0.25) is 5.02 Å². The number of rotatable bonds is 2. The summed E-state index contributed by atoms with van der Waals surface area (Å²) in [6.07, 6.45) is 2.16. The summed E-state index contributed by atoms with van der Waals surface area (Å²) in [7, 11) is 0. The van der Waals surface area contributed by atoms with Crippen molar-refractivity contribution in [2.75, 3.05) is 5.73 Å². The van der Waals surface area contributed by atoms with Crippen LogP contribution in [0.4, 0.5) is 5.69 Å². The summed E-state index contributed by atoms with van der Waals surface area (Å²) in [6, 6.07) is 5.27. The van der Waals surface area contributed by atoms with Gasteiger partial charge in [0.05, 0.1) is 10.7 Å². The maximum atomic E-state index is 11.5. The van der Waals surface area contributed by atoms with E-state index in [9.17, 15) is 4.79 Å². The van der Waals surface area contributed by atoms with Crippen LogP contribution in [0.5, 0.6) is 0 Å². The second kappa shape index (κ2) is 3.50. The molecule has 4 heteroatoms. The molecule has 0 aliphatic heterocycles.